The number of hydrogen-bond acceptors (Lipinski definition) is 2. The minimum Gasteiger partial charge on any atom is -0.320 e. The van der Waals surface area contributed by atoms with Crippen LogP contribution < -0.4 is 5.73 Å². The molecule has 0 saturated carbocycles. The maximum absolute atomic E-state index is 13.1. The Balaban J connectivity index is 2.40. The number of rotatable bonds is 2. The van der Waals surface area contributed by atoms with E-state index in [1.54, 1.807) is 6.20 Å². The van der Waals surface area contributed by atoms with Crippen molar-refractivity contribution in [2.75, 3.05) is 0 Å². The van der Waals surface area contributed by atoms with Gasteiger partial charge in [0.1, 0.15) is 5.82 Å². The Hall–Kier alpha value is -1.74. The summed E-state index contributed by atoms with van der Waals surface area (Å²) in [7, 11) is 0. The average Bonchev–Trinajstić information content (AvgIpc) is 2.28. The molecule has 1 aromatic carbocycles. The maximum Gasteiger partial charge on any atom is 0.141 e. The molecule has 1 heterocycles. The summed E-state index contributed by atoms with van der Waals surface area (Å²) in [6.07, 6.45) is 2.78. The van der Waals surface area contributed by atoms with Crippen LogP contribution in [0.25, 0.3) is 0 Å². The molecule has 0 aliphatic heterocycles. The molecule has 0 bridgehead atoms. The van der Waals surface area contributed by atoms with Crippen molar-refractivity contribution >= 4 is 0 Å². The molecule has 1 unspecified atom stereocenters. The van der Waals surface area contributed by atoms with Crippen molar-refractivity contribution < 1.29 is 4.39 Å². The van der Waals surface area contributed by atoms with Gasteiger partial charge in [-0.1, -0.05) is 23.8 Å². The van der Waals surface area contributed by atoms with Crippen molar-refractivity contribution in [3.05, 3.63) is 64.7 Å². The van der Waals surface area contributed by atoms with Crippen LogP contribution >= 0.6 is 0 Å². The second-order valence-electron chi connectivity index (χ2n) is 4.27. The summed E-state index contributed by atoms with van der Waals surface area (Å²) in [4.78, 5) is 3.82. The lowest BCUT2D eigenvalue weighted by atomic mass is 9.95. The molecule has 2 rings (SSSR count). The first-order chi connectivity index (χ1) is 8.08. The summed E-state index contributed by atoms with van der Waals surface area (Å²) < 4.78 is 13.1. The van der Waals surface area contributed by atoms with Gasteiger partial charge >= 0.3 is 0 Å². The van der Waals surface area contributed by atoms with Crippen molar-refractivity contribution in [3.8, 4) is 0 Å². The van der Waals surface area contributed by atoms with Crippen LogP contribution in [0.4, 0.5) is 4.39 Å². The number of halogens is 1. The van der Waals surface area contributed by atoms with Crippen LogP contribution in [0, 0.1) is 19.7 Å². The second-order valence-corrected chi connectivity index (χ2v) is 4.27. The molecular weight excluding hydrogens is 215 g/mol. The van der Waals surface area contributed by atoms with Crippen molar-refractivity contribution in [1.82, 2.24) is 4.98 Å². The number of nitrogens with zero attached hydrogens (tertiary/aromatic N) is 1. The number of pyridine rings is 1. The van der Waals surface area contributed by atoms with E-state index >= 15 is 0 Å². The standard InChI is InChI=1S/C14H15FN2/c1-9-3-4-13(10(2)5-9)14(16)11-6-12(15)8-17-7-11/h3-8,14H,16H2,1-2H3. The summed E-state index contributed by atoms with van der Waals surface area (Å²) >= 11 is 0. The zero-order valence-electron chi connectivity index (χ0n) is 9.94. The van der Waals surface area contributed by atoms with Crippen LogP contribution in [0.1, 0.15) is 28.3 Å². The van der Waals surface area contributed by atoms with Crippen LogP contribution in [-0.4, -0.2) is 4.98 Å². The quantitative estimate of drug-likeness (QED) is 0.861. The highest BCUT2D eigenvalue weighted by Gasteiger charge is 2.12. The molecule has 0 saturated heterocycles. The van der Waals surface area contributed by atoms with Gasteiger partial charge < -0.3 is 5.73 Å². The molecule has 1 aromatic heterocycles. The molecular formula is C14H15FN2. The molecule has 0 fully saturated rings. The maximum atomic E-state index is 13.1. The van der Waals surface area contributed by atoms with E-state index < -0.39 is 0 Å². The number of nitrogens with two attached hydrogens (primary N) is 1. The SMILES string of the molecule is Cc1ccc(C(N)c2cncc(F)c2)c(C)c1. The van der Waals surface area contributed by atoms with Crippen LogP contribution in [-0.2, 0) is 0 Å². The molecule has 0 amide bonds. The zero-order valence-corrected chi connectivity index (χ0v) is 9.94. The highest BCUT2D eigenvalue weighted by atomic mass is 19.1. The molecule has 0 radical (unpaired) electrons. The first-order valence-corrected chi connectivity index (χ1v) is 5.51. The van der Waals surface area contributed by atoms with Gasteiger partial charge in [0.05, 0.1) is 12.2 Å². The lowest BCUT2D eigenvalue weighted by Gasteiger charge is -2.15. The van der Waals surface area contributed by atoms with E-state index in [1.165, 1.54) is 17.8 Å². The fourth-order valence-corrected chi connectivity index (χ4v) is 1.95. The summed E-state index contributed by atoms with van der Waals surface area (Å²) in [5.74, 6) is -0.359. The van der Waals surface area contributed by atoms with Gasteiger partial charge in [-0.3, -0.25) is 4.98 Å². The van der Waals surface area contributed by atoms with Gasteiger partial charge in [-0.25, -0.2) is 4.39 Å². The third-order valence-electron chi connectivity index (χ3n) is 2.85. The molecule has 2 N–H and O–H groups in total. The van der Waals surface area contributed by atoms with Crippen molar-refractivity contribution in [2.45, 2.75) is 19.9 Å². The van der Waals surface area contributed by atoms with Gasteiger partial charge in [-0.15, -0.1) is 0 Å². The Bertz CT molecular complexity index is 537. The number of aryl methyl sites for hydroxylation is 2. The highest BCUT2D eigenvalue weighted by molar-refractivity contribution is 5.37. The van der Waals surface area contributed by atoms with Crippen molar-refractivity contribution in [2.24, 2.45) is 5.73 Å². The monoisotopic (exact) mass is 230 g/mol. The topological polar surface area (TPSA) is 38.9 Å². The minimum absolute atomic E-state index is 0.334. The molecule has 0 spiro atoms. The Labute approximate surface area is 100 Å². The van der Waals surface area contributed by atoms with E-state index in [-0.39, 0.29) is 11.9 Å². The van der Waals surface area contributed by atoms with E-state index in [9.17, 15) is 4.39 Å². The van der Waals surface area contributed by atoms with Crippen molar-refractivity contribution in [3.63, 3.8) is 0 Å². The molecule has 2 nitrogen and oxygen atoms in total. The van der Waals surface area contributed by atoms with Gasteiger partial charge in [-0.2, -0.15) is 0 Å². The first kappa shape index (κ1) is 11.7. The number of hydrogen-bond donors (Lipinski definition) is 1. The summed E-state index contributed by atoms with van der Waals surface area (Å²) in [5, 5.41) is 0. The summed E-state index contributed by atoms with van der Waals surface area (Å²) in [6, 6.07) is 7.16. The Morgan fingerprint density at radius 3 is 2.59 bits per heavy atom. The van der Waals surface area contributed by atoms with Crippen LogP contribution in [0.15, 0.2) is 36.7 Å². The summed E-state index contributed by atoms with van der Waals surface area (Å²) in [6.45, 7) is 4.04. The van der Waals surface area contributed by atoms with E-state index in [0.29, 0.717) is 5.56 Å². The van der Waals surface area contributed by atoms with E-state index in [4.69, 9.17) is 5.73 Å². The Morgan fingerprint density at radius 2 is 1.94 bits per heavy atom. The molecule has 0 aliphatic carbocycles. The summed E-state index contributed by atoms with van der Waals surface area (Å²) in [5.41, 5.74) is 10.1. The van der Waals surface area contributed by atoms with Gasteiger partial charge in [0.25, 0.3) is 0 Å². The van der Waals surface area contributed by atoms with E-state index in [0.717, 1.165) is 11.1 Å². The fourth-order valence-electron chi connectivity index (χ4n) is 1.95. The third kappa shape index (κ3) is 2.50. The normalized spacial score (nSPS) is 12.5. The lowest BCUT2D eigenvalue weighted by molar-refractivity contribution is 0.616. The van der Waals surface area contributed by atoms with Crippen LogP contribution in [0.3, 0.4) is 0 Å². The van der Waals surface area contributed by atoms with Gasteiger partial charge in [-0.05, 0) is 36.6 Å². The number of benzene rings is 1. The van der Waals surface area contributed by atoms with Crippen LogP contribution in [0.5, 0.6) is 0 Å². The lowest BCUT2D eigenvalue weighted by Crippen LogP contribution is -2.13. The molecule has 17 heavy (non-hydrogen) atoms. The van der Waals surface area contributed by atoms with Crippen molar-refractivity contribution in [1.29, 1.82) is 0 Å². The molecule has 2 aromatic rings. The zero-order chi connectivity index (χ0) is 12.4. The second kappa shape index (κ2) is 4.63. The van der Waals surface area contributed by atoms with Gasteiger partial charge in [0.15, 0.2) is 0 Å². The highest BCUT2D eigenvalue weighted by Crippen LogP contribution is 2.23. The molecule has 1 atom stereocenters. The third-order valence-corrected chi connectivity index (χ3v) is 2.85. The van der Waals surface area contributed by atoms with Crippen LogP contribution in [0.2, 0.25) is 0 Å². The van der Waals surface area contributed by atoms with Gasteiger partial charge in [0.2, 0.25) is 0 Å². The van der Waals surface area contributed by atoms with E-state index in [2.05, 4.69) is 11.1 Å². The fraction of sp³-hybridized carbons (Fsp3) is 0.214. The largest absolute Gasteiger partial charge is 0.320 e. The average molecular weight is 230 g/mol. The number of aromatic nitrogens is 1. The predicted molar refractivity (Wildman–Crippen MR) is 66.1 cm³/mol. The first-order valence-electron chi connectivity index (χ1n) is 5.51. The smallest absolute Gasteiger partial charge is 0.141 e. The minimum atomic E-state index is -0.359. The van der Waals surface area contributed by atoms with Gasteiger partial charge in [0, 0.05) is 6.20 Å². The predicted octanol–water partition coefficient (Wildman–Crippen LogP) is 2.89. The molecule has 3 heteroatoms. The Morgan fingerprint density at radius 1 is 1.18 bits per heavy atom. The Kier molecular flexibility index (Phi) is 3.20. The van der Waals surface area contributed by atoms with E-state index in [1.807, 2.05) is 26.0 Å². The molecule has 0 aliphatic rings. The molecule has 88 valence electrons.